The smallest absolute Gasteiger partial charge is 0.160 e. The number of benzene rings is 7. The summed E-state index contributed by atoms with van der Waals surface area (Å²) >= 11 is 0. The average molecular weight is 586 g/mol. The van der Waals surface area contributed by atoms with Gasteiger partial charge in [-0.15, -0.1) is 0 Å². The van der Waals surface area contributed by atoms with Crippen LogP contribution in [-0.4, -0.2) is 15.0 Å². The van der Waals surface area contributed by atoms with Crippen LogP contribution >= 0.6 is 0 Å². The topological polar surface area (TPSA) is 38.7 Å². The lowest BCUT2D eigenvalue weighted by Gasteiger charge is -2.16. The molecule has 214 valence electrons. The zero-order valence-corrected chi connectivity index (χ0v) is 24.9. The summed E-state index contributed by atoms with van der Waals surface area (Å²) in [5.41, 5.74) is 6.90. The summed E-state index contributed by atoms with van der Waals surface area (Å²) in [5, 5.41) is 9.93. The van der Waals surface area contributed by atoms with Gasteiger partial charge in [0.1, 0.15) is 0 Å². The minimum atomic E-state index is 0.703. The van der Waals surface area contributed by atoms with E-state index < -0.39 is 0 Å². The minimum Gasteiger partial charge on any atom is -0.256 e. The van der Waals surface area contributed by atoms with Crippen LogP contribution in [0.5, 0.6) is 0 Å². The van der Waals surface area contributed by atoms with E-state index in [1.165, 1.54) is 43.1 Å². The van der Waals surface area contributed by atoms with E-state index in [4.69, 9.17) is 9.97 Å². The molecule has 0 N–H and O–H groups in total. The lowest BCUT2D eigenvalue weighted by atomic mass is 9.88. The maximum Gasteiger partial charge on any atom is 0.160 e. The summed E-state index contributed by atoms with van der Waals surface area (Å²) in [6.45, 7) is 0. The average Bonchev–Trinajstić information content (AvgIpc) is 3.15. The molecule has 46 heavy (non-hydrogen) atoms. The van der Waals surface area contributed by atoms with Crippen molar-refractivity contribution < 1.29 is 0 Å². The van der Waals surface area contributed by atoms with E-state index in [1.807, 2.05) is 42.6 Å². The van der Waals surface area contributed by atoms with Crippen LogP contribution in [0.2, 0.25) is 0 Å². The molecule has 0 fully saturated rings. The van der Waals surface area contributed by atoms with Crippen molar-refractivity contribution in [2.45, 2.75) is 0 Å². The summed E-state index contributed by atoms with van der Waals surface area (Å²) in [4.78, 5) is 14.9. The van der Waals surface area contributed by atoms with Crippen molar-refractivity contribution in [3.63, 3.8) is 0 Å². The highest BCUT2D eigenvalue weighted by Crippen LogP contribution is 2.43. The molecule has 0 saturated heterocycles. The monoisotopic (exact) mass is 585 g/mol. The van der Waals surface area contributed by atoms with Crippen molar-refractivity contribution in [1.29, 1.82) is 0 Å². The maximum atomic E-state index is 5.24. The number of hydrogen-bond donors (Lipinski definition) is 0. The number of rotatable bonds is 4. The summed E-state index contributed by atoms with van der Waals surface area (Å²) in [6.07, 6.45) is 1.83. The number of pyridine rings is 1. The van der Waals surface area contributed by atoms with E-state index in [0.717, 1.165) is 39.3 Å². The Bertz CT molecular complexity index is 2560. The first-order valence-corrected chi connectivity index (χ1v) is 15.5. The molecule has 3 nitrogen and oxygen atoms in total. The fraction of sp³-hybridized carbons (Fsp3) is 0. The Labute approximate surface area is 266 Å². The lowest BCUT2D eigenvalue weighted by Crippen LogP contribution is -1.97. The van der Waals surface area contributed by atoms with E-state index in [1.54, 1.807) is 0 Å². The molecule has 0 amide bonds. The summed E-state index contributed by atoms with van der Waals surface area (Å²) in [6, 6.07) is 55.4. The van der Waals surface area contributed by atoms with Gasteiger partial charge in [0, 0.05) is 28.5 Å². The van der Waals surface area contributed by atoms with Crippen LogP contribution < -0.4 is 0 Å². The standard InChI is InChI=1S/C43H27N3/c1-2-12-30(13-3-1)43-45-40(29-23-21-28(22-24-29)39-20-10-11-25-44-39)27-41(46-43)37-26-38-33-16-5-4-14-31(33)32-15-6-8-18-35(32)42(38)36-19-9-7-17-34(36)37/h1-27H. The van der Waals surface area contributed by atoms with Crippen molar-refractivity contribution in [2.75, 3.05) is 0 Å². The van der Waals surface area contributed by atoms with Crippen LogP contribution in [0, 0.1) is 0 Å². The summed E-state index contributed by atoms with van der Waals surface area (Å²) < 4.78 is 0. The first kappa shape index (κ1) is 26.2. The van der Waals surface area contributed by atoms with Crippen molar-refractivity contribution in [3.8, 4) is 45.2 Å². The zero-order chi connectivity index (χ0) is 30.5. The SMILES string of the molecule is c1ccc(-c2nc(-c3ccc(-c4ccccn4)cc3)cc(-c3cc4c5ccccc5c5ccccc5c4c4ccccc34)n2)cc1. The van der Waals surface area contributed by atoms with Gasteiger partial charge in [0.15, 0.2) is 5.82 Å². The fourth-order valence-corrected chi connectivity index (χ4v) is 6.77. The predicted octanol–water partition coefficient (Wildman–Crippen LogP) is 11.2. The number of fused-ring (bicyclic) bond motifs is 8. The highest BCUT2D eigenvalue weighted by Gasteiger charge is 2.17. The molecule has 3 heteroatoms. The van der Waals surface area contributed by atoms with Crippen molar-refractivity contribution >= 4 is 43.1 Å². The molecule has 9 aromatic rings. The fourth-order valence-electron chi connectivity index (χ4n) is 6.77. The predicted molar refractivity (Wildman–Crippen MR) is 192 cm³/mol. The summed E-state index contributed by atoms with van der Waals surface area (Å²) in [7, 11) is 0. The van der Waals surface area contributed by atoms with Crippen LogP contribution in [-0.2, 0) is 0 Å². The second-order valence-electron chi connectivity index (χ2n) is 11.6. The van der Waals surface area contributed by atoms with Gasteiger partial charge in [-0.3, -0.25) is 4.98 Å². The molecule has 0 aliphatic heterocycles. The maximum absolute atomic E-state index is 5.24. The molecule has 7 aromatic carbocycles. The summed E-state index contributed by atoms with van der Waals surface area (Å²) in [5.74, 6) is 0.703. The number of aromatic nitrogens is 3. The third kappa shape index (κ3) is 4.33. The van der Waals surface area contributed by atoms with Gasteiger partial charge in [0.2, 0.25) is 0 Å². The van der Waals surface area contributed by atoms with Gasteiger partial charge in [-0.2, -0.15) is 0 Å². The number of nitrogens with zero attached hydrogens (tertiary/aromatic N) is 3. The lowest BCUT2D eigenvalue weighted by molar-refractivity contribution is 1.19. The van der Waals surface area contributed by atoms with E-state index in [0.29, 0.717) is 5.82 Å². The highest BCUT2D eigenvalue weighted by molar-refractivity contribution is 6.32. The Morgan fingerprint density at radius 2 is 0.848 bits per heavy atom. The molecule has 2 heterocycles. The van der Waals surface area contributed by atoms with Crippen LogP contribution in [0.25, 0.3) is 88.2 Å². The quantitative estimate of drug-likeness (QED) is 0.193. The molecular weight excluding hydrogens is 558 g/mol. The van der Waals surface area contributed by atoms with Gasteiger partial charge < -0.3 is 0 Å². The van der Waals surface area contributed by atoms with Crippen LogP contribution in [0.3, 0.4) is 0 Å². The molecule has 0 saturated carbocycles. The Morgan fingerprint density at radius 1 is 0.326 bits per heavy atom. The first-order chi connectivity index (χ1) is 22.8. The molecule has 2 aromatic heterocycles. The Kier molecular flexibility index (Phi) is 6.14. The third-order valence-electron chi connectivity index (χ3n) is 8.92. The molecule has 0 bridgehead atoms. The van der Waals surface area contributed by atoms with E-state index in [2.05, 4.69) is 126 Å². The Morgan fingerprint density at radius 3 is 1.52 bits per heavy atom. The highest BCUT2D eigenvalue weighted by atomic mass is 14.9. The molecule has 0 aliphatic rings. The molecule has 0 spiro atoms. The molecule has 0 atom stereocenters. The Balaban J connectivity index is 1.33. The van der Waals surface area contributed by atoms with Crippen molar-refractivity contribution in [3.05, 3.63) is 164 Å². The van der Waals surface area contributed by atoms with E-state index in [-0.39, 0.29) is 0 Å². The molecular formula is C43H27N3. The minimum absolute atomic E-state index is 0.703. The van der Waals surface area contributed by atoms with E-state index >= 15 is 0 Å². The van der Waals surface area contributed by atoms with Crippen molar-refractivity contribution in [2.24, 2.45) is 0 Å². The largest absolute Gasteiger partial charge is 0.256 e. The van der Waals surface area contributed by atoms with Gasteiger partial charge in [-0.05, 0) is 67.4 Å². The van der Waals surface area contributed by atoms with Gasteiger partial charge >= 0.3 is 0 Å². The van der Waals surface area contributed by atoms with Crippen LogP contribution in [0.15, 0.2) is 164 Å². The van der Waals surface area contributed by atoms with Gasteiger partial charge in [0.25, 0.3) is 0 Å². The molecule has 0 unspecified atom stereocenters. The third-order valence-corrected chi connectivity index (χ3v) is 8.92. The first-order valence-electron chi connectivity index (χ1n) is 15.5. The van der Waals surface area contributed by atoms with Crippen molar-refractivity contribution in [1.82, 2.24) is 15.0 Å². The van der Waals surface area contributed by atoms with Gasteiger partial charge in [-0.1, -0.05) is 133 Å². The number of hydrogen-bond acceptors (Lipinski definition) is 3. The molecule has 0 aliphatic carbocycles. The van der Waals surface area contributed by atoms with Gasteiger partial charge in [-0.25, -0.2) is 9.97 Å². The van der Waals surface area contributed by atoms with Gasteiger partial charge in [0.05, 0.1) is 17.1 Å². The molecule has 9 rings (SSSR count). The zero-order valence-electron chi connectivity index (χ0n) is 24.9. The van der Waals surface area contributed by atoms with Crippen LogP contribution in [0.4, 0.5) is 0 Å². The molecule has 0 radical (unpaired) electrons. The van der Waals surface area contributed by atoms with Crippen LogP contribution in [0.1, 0.15) is 0 Å². The van der Waals surface area contributed by atoms with E-state index in [9.17, 15) is 0 Å². The second kappa shape index (κ2) is 10.8. The normalized spacial score (nSPS) is 11.5. The Hall–Kier alpha value is -6.19. The second-order valence-corrected chi connectivity index (χ2v) is 11.6.